The molecule has 0 aliphatic carbocycles. The van der Waals surface area contributed by atoms with Crippen LogP contribution in [-0.2, 0) is 11.0 Å². The maximum absolute atomic E-state index is 12.8. The number of nitrogen functional groups attached to an aromatic ring is 1. The van der Waals surface area contributed by atoms with Crippen molar-refractivity contribution in [2.24, 2.45) is 0 Å². The van der Waals surface area contributed by atoms with Gasteiger partial charge >= 0.3 is 6.18 Å². The zero-order valence-electron chi connectivity index (χ0n) is 13.3. The van der Waals surface area contributed by atoms with E-state index in [1.54, 1.807) is 0 Å². The zero-order chi connectivity index (χ0) is 19.5. The minimum Gasteiger partial charge on any atom is -0.382 e. The number of nitrogens with zero attached hydrogens (tertiary/aromatic N) is 3. The molecule has 3 N–H and O–H groups in total. The summed E-state index contributed by atoms with van der Waals surface area (Å²) in [6.45, 7) is -0.432. The fourth-order valence-electron chi connectivity index (χ4n) is 2.00. The average molecular weight is 388 g/mol. The van der Waals surface area contributed by atoms with Gasteiger partial charge in [0.15, 0.2) is 11.5 Å². The summed E-state index contributed by atoms with van der Waals surface area (Å²) in [4.78, 5) is 32.7. The maximum atomic E-state index is 12.8. The number of alkyl halides is 3. The third-order valence-electron chi connectivity index (χ3n) is 3.21. The molecule has 138 valence electrons. The molecule has 0 unspecified atom stereocenters. The number of nitrogens with one attached hydrogen (secondary N) is 1. The van der Waals surface area contributed by atoms with Crippen molar-refractivity contribution >= 4 is 34.9 Å². The lowest BCUT2D eigenvalue weighted by Gasteiger charge is -2.17. The zero-order valence-corrected chi connectivity index (χ0v) is 14.1. The molecule has 0 atom stereocenters. The molecule has 0 saturated heterocycles. The van der Waals surface area contributed by atoms with Crippen molar-refractivity contribution in [3.63, 3.8) is 0 Å². The SMILES string of the molecule is CN(CC(=O)Nc1ccc(Cl)c(C(F)(F)F)c1)C(=O)c1nccnc1N. The van der Waals surface area contributed by atoms with E-state index in [9.17, 15) is 22.8 Å². The third kappa shape index (κ3) is 4.60. The van der Waals surface area contributed by atoms with E-state index in [0.29, 0.717) is 6.07 Å². The first-order valence-electron chi connectivity index (χ1n) is 7.08. The number of halogens is 4. The fourth-order valence-corrected chi connectivity index (χ4v) is 2.23. The molecule has 0 fully saturated rings. The van der Waals surface area contributed by atoms with Gasteiger partial charge in [0.25, 0.3) is 5.91 Å². The summed E-state index contributed by atoms with van der Waals surface area (Å²) in [6.07, 6.45) is -2.09. The highest BCUT2D eigenvalue weighted by Crippen LogP contribution is 2.36. The summed E-state index contributed by atoms with van der Waals surface area (Å²) in [6, 6.07) is 2.95. The Balaban J connectivity index is 2.07. The number of hydrogen-bond donors (Lipinski definition) is 2. The summed E-state index contributed by atoms with van der Waals surface area (Å²) >= 11 is 5.52. The number of amides is 2. The van der Waals surface area contributed by atoms with Crippen molar-refractivity contribution in [3.8, 4) is 0 Å². The Morgan fingerprint density at radius 1 is 1.27 bits per heavy atom. The minimum atomic E-state index is -4.66. The second-order valence-corrected chi connectivity index (χ2v) is 5.60. The molecule has 0 saturated carbocycles. The minimum absolute atomic E-state index is 0.0997. The van der Waals surface area contributed by atoms with Gasteiger partial charge in [0.2, 0.25) is 5.91 Å². The van der Waals surface area contributed by atoms with Crippen LogP contribution in [0, 0.1) is 0 Å². The van der Waals surface area contributed by atoms with Crippen LogP contribution in [-0.4, -0.2) is 40.3 Å². The number of rotatable bonds is 4. The molecule has 1 aromatic heterocycles. The van der Waals surface area contributed by atoms with E-state index < -0.39 is 35.1 Å². The van der Waals surface area contributed by atoms with Gasteiger partial charge in [-0.1, -0.05) is 11.6 Å². The van der Waals surface area contributed by atoms with Crippen LogP contribution >= 0.6 is 11.6 Å². The molecular weight excluding hydrogens is 375 g/mol. The molecule has 2 aromatic rings. The standard InChI is InChI=1S/C15H13ClF3N5O2/c1-24(14(26)12-13(20)22-5-4-21-12)7-11(25)23-8-2-3-10(16)9(6-8)15(17,18)19/h2-6H,7H2,1H3,(H2,20,22)(H,23,25). The fraction of sp³-hybridized carbons (Fsp3) is 0.200. The van der Waals surface area contributed by atoms with Gasteiger partial charge in [-0.3, -0.25) is 9.59 Å². The van der Waals surface area contributed by atoms with Gasteiger partial charge in [-0.05, 0) is 18.2 Å². The van der Waals surface area contributed by atoms with E-state index in [2.05, 4.69) is 15.3 Å². The normalized spacial score (nSPS) is 11.1. The first kappa shape index (κ1) is 19.4. The summed E-state index contributed by atoms with van der Waals surface area (Å²) in [5.41, 5.74) is 4.23. The Morgan fingerprint density at radius 3 is 2.54 bits per heavy atom. The van der Waals surface area contributed by atoms with Crippen LogP contribution in [0.15, 0.2) is 30.6 Å². The molecule has 7 nitrogen and oxygen atoms in total. The second kappa shape index (κ2) is 7.56. The number of nitrogens with two attached hydrogens (primary N) is 1. The van der Waals surface area contributed by atoms with Gasteiger partial charge in [0.05, 0.1) is 17.1 Å². The molecule has 2 rings (SSSR count). The van der Waals surface area contributed by atoms with Crippen LogP contribution < -0.4 is 11.1 Å². The van der Waals surface area contributed by atoms with E-state index in [0.717, 1.165) is 11.0 Å². The maximum Gasteiger partial charge on any atom is 0.417 e. The number of aromatic nitrogens is 2. The largest absolute Gasteiger partial charge is 0.417 e. The topological polar surface area (TPSA) is 101 Å². The Morgan fingerprint density at radius 2 is 1.92 bits per heavy atom. The van der Waals surface area contributed by atoms with Gasteiger partial charge in [-0.2, -0.15) is 13.2 Å². The Kier molecular flexibility index (Phi) is 5.66. The van der Waals surface area contributed by atoms with E-state index in [1.807, 2.05) is 0 Å². The first-order valence-corrected chi connectivity index (χ1v) is 7.46. The van der Waals surface area contributed by atoms with E-state index in [-0.39, 0.29) is 17.2 Å². The molecule has 1 heterocycles. The highest BCUT2D eigenvalue weighted by Gasteiger charge is 2.33. The van der Waals surface area contributed by atoms with Crippen LogP contribution in [0.4, 0.5) is 24.7 Å². The van der Waals surface area contributed by atoms with Gasteiger partial charge < -0.3 is 16.0 Å². The van der Waals surface area contributed by atoms with Crippen molar-refractivity contribution in [1.82, 2.24) is 14.9 Å². The second-order valence-electron chi connectivity index (χ2n) is 5.19. The van der Waals surface area contributed by atoms with Crippen molar-refractivity contribution < 1.29 is 22.8 Å². The summed E-state index contributed by atoms with van der Waals surface area (Å²) in [7, 11) is 1.32. The lowest BCUT2D eigenvalue weighted by atomic mass is 10.2. The third-order valence-corrected chi connectivity index (χ3v) is 3.54. The number of carbonyl (C=O) groups excluding carboxylic acids is 2. The van der Waals surface area contributed by atoms with Crippen molar-refractivity contribution in [2.45, 2.75) is 6.18 Å². The highest BCUT2D eigenvalue weighted by molar-refractivity contribution is 6.31. The van der Waals surface area contributed by atoms with Crippen LogP contribution in [0.25, 0.3) is 0 Å². The predicted molar refractivity (Wildman–Crippen MR) is 88.5 cm³/mol. The number of anilines is 2. The average Bonchev–Trinajstić information content (AvgIpc) is 2.55. The monoisotopic (exact) mass is 387 g/mol. The molecular formula is C15H13ClF3N5O2. The number of benzene rings is 1. The van der Waals surface area contributed by atoms with Crippen LogP contribution in [0.2, 0.25) is 5.02 Å². The van der Waals surface area contributed by atoms with Gasteiger partial charge in [0, 0.05) is 25.1 Å². The number of likely N-dealkylation sites (N-methyl/N-ethyl adjacent to an activating group) is 1. The van der Waals surface area contributed by atoms with Crippen LogP contribution in [0.5, 0.6) is 0 Å². The van der Waals surface area contributed by atoms with Crippen LogP contribution in [0.3, 0.4) is 0 Å². The smallest absolute Gasteiger partial charge is 0.382 e. The quantitative estimate of drug-likeness (QED) is 0.839. The molecule has 26 heavy (non-hydrogen) atoms. The van der Waals surface area contributed by atoms with Crippen molar-refractivity contribution in [2.75, 3.05) is 24.6 Å². The Labute approximate surface area is 151 Å². The van der Waals surface area contributed by atoms with E-state index in [1.165, 1.54) is 25.5 Å². The molecule has 11 heteroatoms. The summed E-state index contributed by atoms with van der Waals surface area (Å²) in [5, 5.41) is 1.79. The molecule has 0 spiro atoms. The van der Waals surface area contributed by atoms with Crippen LogP contribution in [0.1, 0.15) is 16.1 Å². The van der Waals surface area contributed by atoms with Gasteiger partial charge in [-0.15, -0.1) is 0 Å². The van der Waals surface area contributed by atoms with Gasteiger partial charge in [0.1, 0.15) is 0 Å². The molecule has 0 aliphatic heterocycles. The predicted octanol–water partition coefficient (Wildman–Crippen LogP) is 2.44. The van der Waals surface area contributed by atoms with E-state index in [4.69, 9.17) is 17.3 Å². The molecule has 1 aromatic carbocycles. The number of hydrogen-bond acceptors (Lipinski definition) is 5. The molecule has 0 radical (unpaired) electrons. The van der Waals surface area contributed by atoms with Gasteiger partial charge in [-0.25, -0.2) is 9.97 Å². The lowest BCUT2D eigenvalue weighted by molar-refractivity contribution is -0.137. The van der Waals surface area contributed by atoms with Crippen molar-refractivity contribution in [1.29, 1.82) is 0 Å². The molecule has 0 aliphatic rings. The summed E-state index contributed by atoms with van der Waals surface area (Å²) < 4.78 is 38.5. The summed E-state index contributed by atoms with van der Waals surface area (Å²) in [5.74, 6) is -1.46. The Bertz CT molecular complexity index is 844. The number of carbonyl (C=O) groups is 2. The Hall–Kier alpha value is -2.88. The van der Waals surface area contributed by atoms with E-state index >= 15 is 0 Å². The van der Waals surface area contributed by atoms with Crippen molar-refractivity contribution in [3.05, 3.63) is 46.9 Å². The molecule has 2 amide bonds. The highest BCUT2D eigenvalue weighted by atomic mass is 35.5. The molecule has 0 bridgehead atoms. The lowest BCUT2D eigenvalue weighted by Crippen LogP contribution is -2.35. The first-order chi connectivity index (χ1) is 12.1.